The summed E-state index contributed by atoms with van der Waals surface area (Å²) in [5.74, 6) is -0.876. The van der Waals surface area contributed by atoms with Crippen molar-refractivity contribution in [1.82, 2.24) is 0 Å². The van der Waals surface area contributed by atoms with Crippen LogP contribution in [0.25, 0.3) is 6.08 Å². The van der Waals surface area contributed by atoms with Crippen LogP contribution in [0.5, 0.6) is 0 Å². The Bertz CT molecular complexity index is 832. The van der Waals surface area contributed by atoms with Crippen LogP contribution in [0.2, 0.25) is 0 Å². The Kier molecular flexibility index (Phi) is 4.69. The predicted molar refractivity (Wildman–Crippen MR) is 81.9 cm³/mol. The van der Waals surface area contributed by atoms with Crippen molar-refractivity contribution in [3.05, 3.63) is 66.0 Å². The maximum Gasteiger partial charge on any atom is 0.248 e. The van der Waals surface area contributed by atoms with Crippen LogP contribution in [0.15, 0.2) is 59.5 Å². The number of carbonyl (C=O) groups is 1. The first-order valence-corrected chi connectivity index (χ1v) is 7.77. The molecule has 22 heavy (non-hydrogen) atoms. The first-order chi connectivity index (χ1) is 10.3. The van der Waals surface area contributed by atoms with Gasteiger partial charge in [-0.2, -0.15) is 0 Å². The third kappa shape index (κ3) is 4.51. The van der Waals surface area contributed by atoms with Crippen LogP contribution in [-0.2, 0) is 14.8 Å². The van der Waals surface area contributed by atoms with Crippen molar-refractivity contribution in [2.45, 2.75) is 4.90 Å². The average Bonchev–Trinajstić information content (AvgIpc) is 2.45. The van der Waals surface area contributed by atoms with E-state index in [1.54, 1.807) is 6.07 Å². The fourth-order valence-electron chi connectivity index (χ4n) is 1.72. The summed E-state index contributed by atoms with van der Waals surface area (Å²) < 4.78 is 35.4. The molecule has 0 atom stereocenters. The smallest absolute Gasteiger partial charge is 0.248 e. The van der Waals surface area contributed by atoms with E-state index in [4.69, 9.17) is 5.14 Å². The van der Waals surface area contributed by atoms with Crippen molar-refractivity contribution in [3.63, 3.8) is 0 Å². The molecule has 0 radical (unpaired) electrons. The van der Waals surface area contributed by atoms with E-state index in [0.717, 1.165) is 0 Å². The number of sulfonamides is 1. The van der Waals surface area contributed by atoms with E-state index in [1.165, 1.54) is 54.6 Å². The average molecular weight is 320 g/mol. The van der Waals surface area contributed by atoms with E-state index in [1.807, 2.05) is 0 Å². The van der Waals surface area contributed by atoms with Crippen molar-refractivity contribution in [1.29, 1.82) is 0 Å². The molecule has 0 saturated heterocycles. The van der Waals surface area contributed by atoms with Gasteiger partial charge in [-0.05, 0) is 42.0 Å². The minimum absolute atomic E-state index is 0.0978. The molecule has 0 aromatic heterocycles. The molecule has 0 aliphatic carbocycles. The standard InChI is InChI=1S/C15H13FN2O3S/c16-12-4-1-3-11(9-12)7-8-15(19)18-13-5-2-6-14(10-13)22(17,20)21/h1-10H,(H,18,19)(H2,17,20,21). The lowest BCUT2D eigenvalue weighted by atomic mass is 10.2. The molecule has 2 rings (SSSR count). The lowest BCUT2D eigenvalue weighted by Crippen LogP contribution is -2.13. The minimum atomic E-state index is -3.83. The molecular formula is C15H13FN2O3S. The topological polar surface area (TPSA) is 89.3 Å². The number of hydrogen-bond acceptors (Lipinski definition) is 3. The fraction of sp³-hybridized carbons (Fsp3) is 0. The molecule has 0 unspecified atom stereocenters. The summed E-state index contributed by atoms with van der Waals surface area (Å²) in [7, 11) is -3.83. The first kappa shape index (κ1) is 15.9. The van der Waals surface area contributed by atoms with E-state index >= 15 is 0 Å². The quantitative estimate of drug-likeness (QED) is 0.846. The Balaban J connectivity index is 2.09. The molecular weight excluding hydrogens is 307 g/mol. The molecule has 114 valence electrons. The number of nitrogens with one attached hydrogen (secondary N) is 1. The molecule has 0 spiro atoms. The van der Waals surface area contributed by atoms with Gasteiger partial charge in [0, 0.05) is 11.8 Å². The highest BCUT2D eigenvalue weighted by atomic mass is 32.2. The maximum absolute atomic E-state index is 13.0. The summed E-state index contributed by atoms with van der Waals surface area (Å²) in [6.45, 7) is 0. The second-order valence-corrected chi connectivity index (χ2v) is 6.01. The van der Waals surface area contributed by atoms with Crippen LogP contribution in [0.4, 0.5) is 10.1 Å². The summed E-state index contributed by atoms with van der Waals surface area (Å²) in [6.07, 6.45) is 2.67. The highest BCUT2D eigenvalue weighted by Gasteiger charge is 2.08. The molecule has 0 aliphatic heterocycles. The van der Waals surface area contributed by atoms with Gasteiger partial charge in [-0.1, -0.05) is 18.2 Å². The fourth-order valence-corrected chi connectivity index (χ4v) is 2.28. The van der Waals surface area contributed by atoms with Crippen LogP contribution < -0.4 is 10.5 Å². The van der Waals surface area contributed by atoms with Crippen molar-refractivity contribution in [3.8, 4) is 0 Å². The van der Waals surface area contributed by atoms with Crippen LogP contribution in [0.1, 0.15) is 5.56 Å². The molecule has 3 N–H and O–H groups in total. The van der Waals surface area contributed by atoms with Gasteiger partial charge in [-0.15, -0.1) is 0 Å². The number of amides is 1. The van der Waals surface area contributed by atoms with Gasteiger partial charge in [0.25, 0.3) is 0 Å². The monoisotopic (exact) mass is 320 g/mol. The van der Waals surface area contributed by atoms with E-state index in [0.29, 0.717) is 11.3 Å². The number of halogens is 1. The van der Waals surface area contributed by atoms with E-state index < -0.39 is 21.7 Å². The van der Waals surface area contributed by atoms with Crippen molar-refractivity contribution in [2.24, 2.45) is 5.14 Å². The zero-order valence-corrected chi connectivity index (χ0v) is 12.2. The zero-order chi connectivity index (χ0) is 16.2. The highest BCUT2D eigenvalue weighted by molar-refractivity contribution is 7.89. The van der Waals surface area contributed by atoms with E-state index in [9.17, 15) is 17.6 Å². The Morgan fingerprint density at radius 2 is 1.86 bits per heavy atom. The largest absolute Gasteiger partial charge is 0.322 e. The summed E-state index contributed by atoms with van der Waals surface area (Å²) in [6, 6.07) is 11.3. The SMILES string of the molecule is NS(=O)(=O)c1cccc(NC(=O)C=Cc2cccc(F)c2)c1. The van der Waals surface area contributed by atoms with Crippen molar-refractivity contribution >= 4 is 27.7 Å². The molecule has 2 aromatic carbocycles. The molecule has 0 saturated carbocycles. The van der Waals surface area contributed by atoms with Gasteiger partial charge < -0.3 is 5.32 Å². The van der Waals surface area contributed by atoms with Crippen LogP contribution in [0, 0.1) is 5.82 Å². The van der Waals surface area contributed by atoms with Crippen LogP contribution in [0.3, 0.4) is 0 Å². The number of anilines is 1. The Morgan fingerprint density at radius 3 is 2.55 bits per heavy atom. The zero-order valence-electron chi connectivity index (χ0n) is 11.4. The Labute approximate surface area is 127 Å². The van der Waals surface area contributed by atoms with Gasteiger partial charge in [0.15, 0.2) is 0 Å². The van der Waals surface area contributed by atoms with Gasteiger partial charge in [0.2, 0.25) is 15.9 Å². The van der Waals surface area contributed by atoms with Gasteiger partial charge in [-0.25, -0.2) is 17.9 Å². The summed E-state index contributed by atoms with van der Waals surface area (Å²) >= 11 is 0. The second-order valence-electron chi connectivity index (χ2n) is 4.45. The van der Waals surface area contributed by atoms with Gasteiger partial charge >= 0.3 is 0 Å². The lowest BCUT2D eigenvalue weighted by Gasteiger charge is -2.04. The highest BCUT2D eigenvalue weighted by Crippen LogP contribution is 2.14. The van der Waals surface area contributed by atoms with E-state index in [2.05, 4.69) is 5.32 Å². The summed E-state index contributed by atoms with van der Waals surface area (Å²) in [5, 5.41) is 7.52. The second kappa shape index (κ2) is 6.50. The maximum atomic E-state index is 13.0. The normalized spacial score (nSPS) is 11.5. The lowest BCUT2D eigenvalue weighted by molar-refractivity contribution is -0.111. The molecule has 1 amide bonds. The summed E-state index contributed by atoms with van der Waals surface area (Å²) in [4.78, 5) is 11.7. The third-order valence-electron chi connectivity index (χ3n) is 2.71. The molecule has 5 nitrogen and oxygen atoms in total. The number of rotatable bonds is 4. The predicted octanol–water partition coefficient (Wildman–Crippen LogP) is 2.12. The third-order valence-corrected chi connectivity index (χ3v) is 3.62. The number of primary sulfonamides is 1. The van der Waals surface area contributed by atoms with Crippen LogP contribution >= 0.6 is 0 Å². The molecule has 7 heteroatoms. The van der Waals surface area contributed by atoms with Crippen molar-refractivity contribution in [2.75, 3.05) is 5.32 Å². The number of benzene rings is 2. The molecule has 0 bridgehead atoms. The Morgan fingerprint density at radius 1 is 1.14 bits per heavy atom. The molecule has 2 aromatic rings. The number of hydrogen-bond donors (Lipinski definition) is 2. The van der Waals surface area contributed by atoms with Gasteiger partial charge in [0.05, 0.1) is 4.90 Å². The van der Waals surface area contributed by atoms with Crippen molar-refractivity contribution < 1.29 is 17.6 Å². The number of carbonyl (C=O) groups excluding carboxylic acids is 1. The minimum Gasteiger partial charge on any atom is -0.322 e. The van der Waals surface area contributed by atoms with Gasteiger partial charge in [0.1, 0.15) is 5.82 Å². The van der Waals surface area contributed by atoms with E-state index in [-0.39, 0.29) is 4.90 Å². The molecule has 0 fully saturated rings. The van der Waals surface area contributed by atoms with Gasteiger partial charge in [-0.3, -0.25) is 4.79 Å². The molecule has 0 heterocycles. The van der Waals surface area contributed by atoms with Crippen LogP contribution in [-0.4, -0.2) is 14.3 Å². The Hall–Kier alpha value is -2.51. The number of nitrogens with two attached hydrogens (primary N) is 1. The molecule has 0 aliphatic rings. The first-order valence-electron chi connectivity index (χ1n) is 6.22. The summed E-state index contributed by atoms with van der Waals surface area (Å²) in [5.41, 5.74) is 0.828.